The molecule has 1 aromatic rings. The lowest BCUT2D eigenvalue weighted by Gasteiger charge is -1.98. The van der Waals surface area contributed by atoms with Gasteiger partial charge in [-0.25, -0.2) is 0 Å². The van der Waals surface area contributed by atoms with Gasteiger partial charge in [-0.05, 0) is 42.5 Å². The van der Waals surface area contributed by atoms with Crippen LogP contribution in [0, 0.1) is 11.8 Å². The minimum atomic E-state index is 0.442. The number of benzene rings is 1. The predicted molar refractivity (Wildman–Crippen MR) is 54.4 cm³/mol. The van der Waals surface area contributed by atoms with Gasteiger partial charge in [-0.15, -0.1) is 0 Å². The van der Waals surface area contributed by atoms with Crippen LogP contribution in [0.3, 0.4) is 0 Å². The molecule has 0 unspecified atom stereocenters. The van der Waals surface area contributed by atoms with E-state index in [1.54, 1.807) is 0 Å². The van der Waals surface area contributed by atoms with Crippen LogP contribution in [0.5, 0.6) is 0 Å². The van der Waals surface area contributed by atoms with E-state index in [0.29, 0.717) is 6.54 Å². The first-order chi connectivity index (χ1) is 6.40. The van der Waals surface area contributed by atoms with Crippen molar-refractivity contribution in [2.24, 2.45) is 5.73 Å². The third-order valence-electron chi connectivity index (χ3n) is 2.43. The molecule has 0 saturated heterocycles. The SMILES string of the molecule is NCC#Cc1ccc2c(c1)CCC2. The van der Waals surface area contributed by atoms with Crippen molar-refractivity contribution in [1.29, 1.82) is 0 Å². The highest BCUT2D eigenvalue weighted by molar-refractivity contribution is 5.42. The molecule has 1 aliphatic carbocycles. The molecule has 0 saturated carbocycles. The first-order valence-electron chi connectivity index (χ1n) is 4.71. The summed E-state index contributed by atoms with van der Waals surface area (Å²) in [5.41, 5.74) is 9.39. The maximum absolute atomic E-state index is 5.32. The zero-order chi connectivity index (χ0) is 9.10. The zero-order valence-electron chi connectivity index (χ0n) is 7.64. The number of hydrogen-bond donors (Lipinski definition) is 1. The summed E-state index contributed by atoms with van der Waals surface area (Å²) in [6.45, 7) is 0.442. The Morgan fingerprint density at radius 1 is 1.23 bits per heavy atom. The molecular formula is C12H13N. The van der Waals surface area contributed by atoms with Crippen LogP contribution in [-0.4, -0.2) is 6.54 Å². The Labute approximate surface area is 79.0 Å². The summed E-state index contributed by atoms with van der Waals surface area (Å²) in [7, 11) is 0. The highest BCUT2D eigenvalue weighted by atomic mass is 14.5. The second-order valence-electron chi connectivity index (χ2n) is 3.34. The first-order valence-corrected chi connectivity index (χ1v) is 4.71. The fourth-order valence-electron chi connectivity index (χ4n) is 1.80. The number of aryl methyl sites for hydroxylation is 2. The van der Waals surface area contributed by atoms with Crippen molar-refractivity contribution in [2.75, 3.05) is 6.54 Å². The highest BCUT2D eigenvalue weighted by Crippen LogP contribution is 2.22. The Morgan fingerprint density at radius 2 is 2.08 bits per heavy atom. The number of rotatable bonds is 0. The van der Waals surface area contributed by atoms with Gasteiger partial charge in [0.2, 0.25) is 0 Å². The third-order valence-corrected chi connectivity index (χ3v) is 2.43. The van der Waals surface area contributed by atoms with Crippen molar-refractivity contribution in [2.45, 2.75) is 19.3 Å². The van der Waals surface area contributed by atoms with Gasteiger partial charge in [0.1, 0.15) is 0 Å². The van der Waals surface area contributed by atoms with E-state index in [0.717, 1.165) is 5.56 Å². The van der Waals surface area contributed by atoms with Gasteiger partial charge in [0.25, 0.3) is 0 Å². The maximum atomic E-state index is 5.32. The largest absolute Gasteiger partial charge is 0.320 e. The molecule has 0 bridgehead atoms. The minimum absolute atomic E-state index is 0.442. The molecule has 0 amide bonds. The third kappa shape index (κ3) is 1.74. The summed E-state index contributed by atoms with van der Waals surface area (Å²) in [6.07, 6.45) is 3.75. The van der Waals surface area contributed by atoms with Crippen LogP contribution in [0.4, 0.5) is 0 Å². The zero-order valence-corrected chi connectivity index (χ0v) is 7.64. The lowest BCUT2D eigenvalue weighted by molar-refractivity contribution is 0.912. The molecule has 0 aromatic heterocycles. The van der Waals surface area contributed by atoms with E-state index < -0.39 is 0 Å². The van der Waals surface area contributed by atoms with E-state index in [2.05, 4.69) is 30.0 Å². The molecule has 2 rings (SSSR count). The molecule has 0 radical (unpaired) electrons. The minimum Gasteiger partial charge on any atom is -0.320 e. The van der Waals surface area contributed by atoms with Gasteiger partial charge in [-0.2, -0.15) is 0 Å². The van der Waals surface area contributed by atoms with Gasteiger partial charge >= 0.3 is 0 Å². The van der Waals surface area contributed by atoms with Crippen molar-refractivity contribution < 1.29 is 0 Å². The van der Waals surface area contributed by atoms with E-state index in [1.807, 2.05) is 0 Å². The van der Waals surface area contributed by atoms with Crippen LogP contribution in [-0.2, 0) is 12.8 Å². The van der Waals surface area contributed by atoms with Crippen LogP contribution < -0.4 is 5.73 Å². The van der Waals surface area contributed by atoms with Gasteiger partial charge in [-0.3, -0.25) is 0 Å². The lowest BCUT2D eigenvalue weighted by atomic mass is 10.1. The summed E-state index contributed by atoms with van der Waals surface area (Å²) in [4.78, 5) is 0. The van der Waals surface area contributed by atoms with Gasteiger partial charge in [0.15, 0.2) is 0 Å². The van der Waals surface area contributed by atoms with E-state index in [9.17, 15) is 0 Å². The molecule has 66 valence electrons. The van der Waals surface area contributed by atoms with E-state index in [1.165, 1.54) is 30.4 Å². The van der Waals surface area contributed by atoms with E-state index >= 15 is 0 Å². The Kier molecular flexibility index (Phi) is 2.33. The highest BCUT2D eigenvalue weighted by Gasteiger charge is 2.09. The summed E-state index contributed by atoms with van der Waals surface area (Å²) < 4.78 is 0. The molecule has 1 aromatic carbocycles. The molecule has 1 aliphatic rings. The second kappa shape index (κ2) is 3.64. The second-order valence-corrected chi connectivity index (χ2v) is 3.34. The Bertz CT molecular complexity index is 368. The van der Waals surface area contributed by atoms with Crippen molar-refractivity contribution in [3.63, 3.8) is 0 Å². The molecule has 1 heteroatoms. The number of hydrogen-bond acceptors (Lipinski definition) is 1. The molecule has 2 N–H and O–H groups in total. The van der Waals surface area contributed by atoms with Crippen LogP contribution in [0.15, 0.2) is 18.2 Å². The van der Waals surface area contributed by atoms with Crippen LogP contribution in [0.1, 0.15) is 23.1 Å². The van der Waals surface area contributed by atoms with Crippen LogP contribution in [0.25, 0.3) is 0 Å². The molecule has 0 spiro atoms. The van der Waals surface area contributed by atoms with Gasteiger partial charge in [0, 0.05) is 5.56 Å². The Balaban J connectivity index is 2.31. The van der Waals surface area contributed by atoms with Crippen LogP contribution >= 0.6 is 0 Å². The first kappa shape index (κ1) is 8.34. The Hall–Kier alpha value is -1.26. The van der Waals surface area contributed by atoms with Crippen molar-refractivity contribution in [1.82, 2.24) is 0 Å². The van der Waals surface area contributed by atoms with Crippen molar-refractivity contribution >= 4 is 0 Å². The standard InChI is InChI=1S/C12H13N/c13-8-2-3-10-6-7-11-4-1-5-12(11)9-10/h6-7,9H,1,4-5,8,13H2. The molecular weight excluding hydrogens is 158 g/mol. The van der Waals surface area contributed by atoms with Gasteiger partial charge in [-0.1, -0.05) is 17.9 Å². The van der Waals surface area contributed by atoms with Crippen molar-refractivity contribution in [3.05, 3.63) is 34.9 Å². The average molecular weight is 171 g/mol. The fraction of sp³-hybridized carbons (Fsp3) is 0.333. The van der Waals surface area contributed by atoms with Gasteiger partial charge < -0.3 is 5.73 Å². The van der Waals surface area contributed by atoms with Crippen molar-refractivity contribution in [3.8, 4) is 11.8 Å². The smallest absolute Gasteiger partial charge is 0.0555 e. The molecule has 1 nitrogen and oxygen atoms in total. The van der Waals surface area contributed by atoms with Crippen LogP contribution in [0.2, 0.25) is 0 Å². The lowest BCUT2D eigenvalue weighted by Crippen LogP contribution is -1.93. The molecule has 0 atom stereocenters. The molecule has 13 heavy (non-hydrogen) atoms. The predicted octanol–water partition coefficient (Wildman–Crippen LogP) is 1.49. The summed E-state index contributed by atoms with van der Waals surface area (Å²) in [5, 5.41) is 0. The molecule has 0 aliphatic heterocycles. The van der Waals surface area contributed by atoms with E-state index in [4.69, 9.17) is 5.73 Å². The number of fused-ring (bicyclic) bond motifs is 1. The summed E-state index contributed by atoms with van der Waals surface area (Å²) in [5.74, 6) is 5.93. The quantitative estimate of drug-likeness (QED) is 0.588. The van der Waals surface area contributed by atoms with Gasteiger partial charge in [0.05, 0.1) is 6.54 Å². The normalized spacial score (nSPS) is 13.3. The summed E-state index contributed by atoms with van der Waals surface area (Å²) >= 11 is 0. The topological polar surface area (TPSA) is 26.0 Å². The summed E-state index contributed by atoms with van der Waals surface area (Å²) in [6, 6.07) is 6.49. The fourth-order valence-corrected chi connectivity index (χ4v) is 1.80. The number of nitrogens with two attached hydrogens (primary N) is 1. The molecule has 0 heterocycles. The van der Waals surface area contributed by atoms with E-state index in [-0.39, 0.29) is 0 Å². The Morgan fingerprint density at radius 3 is 2.92 bits per heavy atom. The maximum Gasteiger partial charge on any atom is 0.0555 e. The average Bonchev–Trinajstić information content (AvgIpc) is 2.61. The molecule has 0 fully saturated rings. The monoisotopic (exact) mass is 171 g/mol.